The highest BCUT2D eigenvalue weighted by Gasteiger charge is 2.01. The topological polar surface area (TPSA) is 15.8 Å². The molecule has 1 heterocycles. The van der Waals surface area contributed by atoms with Crippen LogP contribution in [0.2, 0.25) is 0 Å². The van der Waals surface area contributed by atoms with Gasteiger partial charge in [0.2, 0.25) is 0 Å². The van der Waals surface area contributed by atoms with E-state index in [1.807, 2.05) is 21.6 Å². The minimum Gasteiger partial charge on any atom is -0.361 e. The summed E-state index contributed by atoms with van der Waals surface area (Å²) < 4.78 is 0. The van der Waals surface area contributed by atoms with E-state index < -0.39 is 0 Å². The van der Waals surface area contributed by atoms with Gasteiger partial charge in [0, 0.05) is 28.6 Å². The van der Waals surface area contributed by atoms with E-state index in [1.165, 1.54) is 33.3 Å². The summed E-state index contributed by atoms with van der Waals surface area (Å²) in [6.07, 6.45) is 3.23. The number of fused-ring (bicyclic) bond motifs is 1. The molecule has 1 nitrogen and oxygen atoms in total. The van der Waals surface area contributed by atoms with Gasteiger partial charge in [0.05, 0.1) is 0 Å². The molecular weight excluding hydrogens is 294 g/mol. The first-order valence-electron chi connectivity index (χ1n) is 7.18. The highest BCUT2D eigenvalue weighted by molar-refractivity contribution is 8.76. The molecule has 0 aliphatic carbocycles. The highest BCUT2D eigenvalue weighted by atomic mass is 33.1. The SMILES string of the molecule is Cc1c[nH]c2ccc(CSSCCc3ccccc3)cc12. The van der Waals surface area contributed by atoms with Crippen LogP contribution in [-0.2, 0) is 12.2 Å². The van der Waals surface area contributed by atoms with Crippen molar-refractivity contribution in [3.05, 3.63) is 71.4 Å². The molecule has 3 heteroatoms. The lowest BCUT2D eigenvalue weighted by molar-refractivity contribution is 1.16. The van der Waals surface area contributed by atoms with Crippen molar-refractivity contribution in [1.29, 1.82) is 0 Å². The van der Waals surface area contributed by atoms with E-state index in [0.29, 0.717) is 0 Å². The lowest BCUT2D eigenvalue weighted by atomic mass is 10.1. The van der Waals surface area contributed by atoms with Crippen molar-refractivity contribution < 1.29 is 0 Å². The first-order valence-corrected chi connectivity index (χ1v) is 9.67. The lowest BCUT2D eigenvalue weighted by Gasteiger charge is -2.03. The summed E-state index contributed by atoms with van der Waals surface area (Å²) in [5.41, 5.74) is 5.39. The zero-order valence-corrected chi connectivity index (χ0v) is 13.8. The molecule has 108 valence electrons. The van der Waals surface area contributed by atoms with Crippen molar-refractivity contribution >= 4 is 32.5 Å². The molecule has 21 heavy (non-hydrogen) atoms. The molecule has 0 atom stereocenters. The number of hydrogen-bond acceptors (Lipinski definition) is 2. The van der Waals surface area contributed by atoms with E-state index in [-0.39, 0.29) is 0 Å². The Kier molecular flexibility index (Phi) is 4.94. The summed E-state index contributed by atoms with van der Waals surface area (Å²) >= 11 is 0. The van der Waals surface area contributed by atoms with Gasteiger partial charge in [-0.15, -0.1) is 0 Å². The Morgan fingerprint density at radius 3 is 2.67 bits per heavy atom. The predicted molar refractivity (Wildman–Crippen MR) is 96.9 cm³/mol. The number of nitrogens with one attached hydrogen (secondary N) is 1. The van der Waals surface area contributed by atoms with Gasteiger partial charge in [-0.3, -0.25) is 0 Å². The number of aromatic amines is 1. The Balaban J connectivity index is 1.47. The number of H-pyrrole nitrogens is 1. The van der Waals surface area contributed by atoms with Crippen molar-refractivity contribution in [2.75, 3.05) is 5.75 Å². The van der Waals surface area contributed by atoms with E-state index in [4.69, 9.17) is 0 Å². The maximum atomic E-state index is 3.30. The minimum atomic E-state index is 1.07. The van der Waals surface area contributed by atoms with Gasteiger partial charge in [0.1, 0.15) is 0 Å². The summed E-state index contributed by atoms with van der Waals surface area (Å²) in [7, 11) is 3.91. The molecule has 0 aliphatic heterocycles. The van der Waals surface area contributed by atoms with Gasteiger partial charge < -0.3 is 4.98 Å². The fraction of sp³-hybridized carbons (Fsp3) is 0.222. The third-order valence-electron chi connectivity index (χ3n) is 3.58. The van der Waals surface area contributed by atoms with Crippen LogP contribution >= 0.6 is 21.6 Å². The molecular formula is C18H19NS2. The largest absolute Gasteiger partial charge is 0.361 e. The monoisotopic (exact) mass is 313 g/mol. The molecule has 1 aromatic heterocycles. The quantitative estimate of drug-likeness (QED) is 0.471. The van der Waals surface area contributed by atoms with Gasteiger partial charge in [-0.05, 0) is 42.2 Å². The number of benzene rings is 2. The van der Waals surface area contributed by atoms with Crippen molar-refractivity contribution in [1.82, 2.24) is 4.98 Å². The zero-order chi connectivity index (χ0) is 14.5. The van der Waals surface area contributed by atoms with Gasteiger partial charge in [-0.25, -0.2) is 0 Å². The van der Waals surface area contributed by atoms with Crippen LogP contribution in [0, 0.1) is 6.92 Å². The molecule has 3 rings (SSSR count). The van der Waals surface area contributed by atoms with Gasteiger partial charge in [0.25, 0.3) is 0 Å². The second-order valence-corrected chi connectivity index (χ2v) is 7.75. The van der Waals surface area contributed by atoms with E-state index in [9.17, 15) is 0 Å². The zero-order valence-electron chi connectivity index (χ0n) is 12.1. The van der Waals surface area contributed by atoms with Crippen molar-refractivity contribution in [3.8, 4) is 0 Å². The summed E-state index contributed by atoms with van der Waals surface area (Å²) in [6, 6.07) is 17.4. The number of hydrogen-bond donors (Lipinski definition) is 1. The van der Waals surface area contributed by atoms with Gasteiger partial charge in [0.15, 0.2) is 0 Å². The average molecular weight is 313 g/mol. The Morgan fingerprint density at radius 1 is 0.952 bits per heavy atom. The molecule has 2 aromatic carbocycles. The number of aryl methyl sites for hydroxylation is 2. The molecule has 0 spiro atoms. The highest BCUT2D eigenvalue weighted by Crippen LogP contribution is 2.28. The third-order valence-corrected chi connectivity index (χ3v) is 5.92. The van der Waals surface area contributed by atoms with E-state index in [2.05, 4.69) is 66.6 Å². The second-order valence-electron chi connectivity index (χ2n) is 5.17. The van der Waals surface area contributed by atoms with Crippen LogP contribution in [0.25, 0.3) is 10.9 Å². The molecule has 0 fully saturated rings. The van der Waals surface area contributed by atoms with Crippen LogP contribution in [0.3, 0.4) is 0 Å². The van der Waals surface area contributed by atoms with Gasteiger partial charge in [-0.1, -0.05) is 58.0 Å². The number of aromatic nitrogens is 1. The Bertz CT molecular complexity index is 704. The van der Waals surface area contributed by atoms with Gasteiger partial charge >= 0.3 is 0 Å². The van der Waals surface area contributed by atoms with Gasteiger partial charge in [-0.2, -0.15) is 0 Å². The maximum Gasteiger partial charge on any atom is 0.0456 e. The van der Waals surface area contributed by atoms with Crippen LogP contribution in [0.1, 0.15) is 16.7 Å². The summed E-state index contributed by atoms with van der Waals surface area (Å²) in [4.78, 5) is 3.30. The second kappa shape index (κ2) is 7.10. The summed E-state index contributed by atoms with van der Waals surface area (Å²) in [5, 5.41) is 1.35. The van der Waals surface area contributed by atoms with Crippen molar-refractivity contribution in [2.45, 2.75) is 19.1 Å². The van der Waals surface area contributed by atoms with Crippen LogP contribution in [-0.4, -0.2) is 10.7 Å². The fourth-order valence-electron chi connectivity index (χ4n) is 2.37. The predicted octanol–water partition coefficient (Wildman–Crippen LogP) is 5.60. The standard InChI is InChI=1S/C18H19NS2/c1-14-12-19-18-8-7-16(11-17(14)18)13-21-20-10-9-15-5-3-2-4-6-15/h2-8,11-12,19H,9-10,13H2,1H3. The van der Waals surface area contributed by atoms with E-state index in [0.717, 1.165) is 12.2 Å². The summed E-state index contributed by atoms with van der Waals surface area (Å²) in [6.45, 7) is 2.16. The maximum absolute atomic E-state index is 3.30. The van der Waals surface area contributed by atoms with E-state index >= 15 is 0 Å². The molecule has 0 saturated carbocycles. The number of rotatable bonds is 6. The molecule has 0 bridgehead atoms. The molecule has 0 radical (unpaired) electrons. The molecule has 0 saturated heterocycles. The molecule has 0 amide bonds. The van der Waals surface area contributed by atoms with Crippen LogP contribution in [0.4, 0.5) is 0 Å². The van der Waals surface area contributed by atoms with Crippen LogP contribution < -0.4 is 0 Å². The Morgan fingerprint density at radius 2 is 1.81 bits per heavy atom. The first-order chi connectivity index (χ1) is 10.3. The molecule has 3 aromatic rings. The summed E-state index contributed by atoms with van der Waals surface area (Å²) in [5.74, 6) is 2.24. The Hall–Kier alpha value is -1.32. The molecule has 0 unspecified atom stereocenters. The van der Waals surface area contributed by atoms with E-state index in [1.54, 1.807) is 0 Å². The van der Waals surface area contributed by atoms with Crippen LogP contribution in [0.5, 0.6) is 0 Å². The Labute approximate surface area is 133 Å². The van der Waals surface area contributed by atoms with Crippen molar-refractivity contribution in [2.24, 2.45) is 0 Å². The smallest absolute Gasteiger partial charge is 0.0456 e. The molecule has 0 aliphatic rings. The first kappa shape index (κ1) is 14.6. The fourth-order valence-corrected chi connectivity index (χ4v) is 4.47. The van der Waals surface area contributed by atoms with Crippen LogP contribution in [0.15, 0.2) is 54.7 Å². The third kappa shape index (κ3) is 3.86. The average Bonchev–Trinajstić information content (AvgIpc) is 2.89. The normalized spacial score (nSPS) is 11.1. The lowest BCUT2D eigenvalue weighted by Crippen LogP contribution is -1.86. The minimum absolute atomic E-state index is 1.07. The molecule has 1 N–H and O–H groups in total. The van der Waals surface area contributed by atoms with Crippen molar-refractivity contribution in [3.63, 3.8) is 0 Å².